The predicted octanol–water partition coefficient (Wildman–Crippen LogP) is 3.74. The Morgan fingerprint density at radius 2 is 1.86 bits per heavy atom. The van der Waals surface area contributed by atoms with Crippen molar-refractivity contribution in [1.29, 1.82) is 0 Å². The van der Waals surface area contributed by atoms with Gasteiger partial charge in [-0.2, -0.15) is 0 Å². The fraction of sp³-hybridized carbons (Fsp3) is 0.111. The standard InChI is InChI=1S/C18H13NO3/c20-15(17-9-11-5-1-4-8-16(11)22-17)10-13-12-6-2-3-7-14(12)19-18(13)21/h1-9,13H,10H2,(H,19,21). The van der Waals surface area contributed by atoms with Crippen molar-refractivity contribution in [1.82, 2.24) is 0 Å². The molecule has 1 unspecified atom stereocenters. The summed E-state index contributed by atoms with van der Waals surface area (Å²) < 4.78 is 5.58. The lowest BCUT2D eigenvalue weighted by atomic mass is 9.94. The number of carbonyl (C=O) groups excluding carboxylic acids is 2. The molecule has 0 spiro atoms. The minimum atomic E-state index is -0.447. The summed E-state index contributed by atoms with van der Waals surface area (Å²) in [6, 6.07) is 16.7. The van der Waals surface area contributed by atoms with Crippen LogP contribution in [0.1, 0.15) is 28.5 Å². The summed E-state index contributed by atoms with van der Waals surface area (Å²) in [4.78, 5) is 24.5. The predicted molar refractivity (Wildman–Crippen MR) is 83.0 cm³/mol. The Kier molecular flexibility index (Phi) is 2.82. The van der Waals surface area contributed by atoms with E-state index in [2.05, 4.69) is 5.32 Å². The van der Waals surface area contributed by atoms with Gasteiger partial charge in [-0.1, -0.05) is 36.4 Å². The van der Waals surface area contributed by atoms with E-state index >= 15 is 0 Å². The summed E-state index contributed by atoms with van der Waals surface area (Å²) in [6.45, 7) is 0. The van der Waals surface area contributed by atoms with Gasteiger partial charge in [0.25, 0.3) is 0 Å². The van der Waals surface area contributed by atoms with E-state index in [4.69, 9.17) is 4.42 Å². The molecule has 1 aliphatic rings. The van der Waals surface area contributed by atoms with Crippen LogP contribution in [-0.4, -0.2) is 11.7 Å². The van der Waals surface area contributed by atoms with Crippen LogP contribution in [-0.2, 0) is 4.79 Å². The maximum Gasteiger partial charge on any atom is 0.232 e. The molecule has 22 heavy (non-hydrogen) atoms. The summed E-state index contributed by atoms with van der Waals surface area (Å²) in [5, 5.41) is 3.70. The summed E-state index contributed by atoms with van der Waals surface area (Å²) in [5.74, 6) is -0.436. The number of rotatable bonds is 3. The van der Waals surface area contributed by atoms with Gasteiger partial charge in [-0.15, -0.1) is 0 Å². The number of benzene rings is 2. The molecule has 4 heteroatoms. The highest BCUT2D eigenvalue weighted by Crippen LogP contribution is 2.35. The number of hydrogen-bond acceptors (Lipinski definition) is 3. The second-order valence-corrected chi connectivity index (χ2v) is 5.40. The van der Waals surface area contributed by atoms with Crippen LogP contribution in [0.15, 0.2) is 59.0 Å². The average molecular weight is 291 g/mol. The molecular weight excluding hydrogens is 278 g/mol. The lowest BCUT2D eigenvalue weighted by Gasteiger charge is -2.06. The molecule has 0 aliphatic carbocycles. The SMILES string of the molecule is O=C(CC1C(=O)Nc2ccccc21)c1cc2ccccc2o1. The van der Waals surface area contributed by atoms with E-state index < -0.39 is 5.92 Å². The van der Waals surface area contributed by atoms with Gasteiger partial charge in [0.15, 0.2) is 11.5 Å². The number of amides is 1. The Morgan fingerprint density at radius 3 is 2.73 bits per heavy atom. The fourth-order valence-corrected chi connectivity index (χ4v) is 2.88. The molecule has 1 aliphatic heterocycles. The average Bonchev–Trinajstić information content (AvgIpc) is 3.09. The topological polar surface area (TPSA) is 59.3 Å². The minimum Gasteiger partial charge on any atom is -0.453 e. The number of ketones is 1. The van der Waals surface area contributed by atoms with Crippen molar-refractivity contribution in [3.05, 3.63) is 65.9 Å². The number of para-hydroxylation sites is 2. The number of carbonyl (C=O) groups is 2. The van der Waals surface area contributed by atoms with Gasteiger partial charge in [0, 0.05) is 17.5 Å². The van der Waals surface area contributed by atoms with Gasteiger partial charge in [-0.3, -0.25) is 9.59 Å². The fourth-order valence-electron chi connectivity index (χ4n) is 2.88. The van der Waals surface area contributed by atoms with Crippen LogP contribution in [0.5, 0.6) is 0 Å². The molecule has 1 amide bonds. The van der Waals surface area contributed by atoms with Gasteiger partial charge in [0.1, 0.15) is 5.58 Å². The van der Waals surface area contributed by atoms with Crippen LogP contribution >= 0.6 is 0 Å². The zero-order chi connectivity index (χ0) is 15.1. The van der Waals surface area contributed by atoms with E-state index in [0.717, 1.165) is 16.6 Å². The van der Waals surface area contributed by atoms with Gasteiger partial charge in [-0.25, -0.2) is 0 Å². The largest absolute Gasteiger partial charge is 0.453 e. The van der Waals surface area contributed by atoms with Crippen molar-refractivity contribution in [2.75, 3.05) is 5.32 Å². The first-order valence-electron chi connectivity index (χ1n) is 7.14. The molecule has 0 saturated heterocycles. The van der Waals surface area contributed by atoms with Gasteiger partial charge >= 0.3 is 0 Å². The highest BCUT2D eigenvalue weighted by atomic mass is 16.3. The van der Waals surface area contributed by atoms with Crippen molar-refractivity contribution >= 4 is 28.3 Å². The molecule has 1 atom stereocenters. The molecule has 2 heterocycles. The maximum absolute atomic E-state index is 12.5. The third-order valence-corrected chi connectivity index (χ3v) is 4.00. The zero-order valence-electron chi connectivity index (χ0n) is 11.7. The van der Waals surface area contributed by atoms with E-state index in [0.29, 0.717) is 11.3 Å². The number of hydrogen-bond donors (Lipinski definition) is 1. The van der Waals surface area contributed by atoms with Crippen LogP contribution in [0.2, 0.25) is 0 Å². The highest BCUT2D eigenvalue weighted by molar-refractivity contribution is 6.07. The lowest BCUT2D eigenvalue weighted by molar-refractivity contribution is -0.117. The number of Topliss-reactive ketones (excluding diaryl/α,β-unsaturated/α-hetero) is 1. The van der Waals surface area contributed by atoms with Gasteiger partial charge in [0.05, 0.1) is 5.92 Å². The summed E-state index contributed by atoms with van der Waals surface area (Å²) in [5.41, 5.74) is 2.34. The molecule has 0 bridgehead atoms. The van der Waals surface area contributed by atoms with E-state index in [1.165, 1.54) is 0 Å². The number of anilines is 1. The van der Waals surface area contributed by atoms with Crippen LogP contribution < -0.4 is 5.32 Å². The van der Waals surface area contributed by atoms with E-state index in [-0.39, 0.29) is 18.1 Å². The number of nitrogens with one attached hydrogen (secondary N) is 1. The molecule has 108 valence electrons. The highest BCUT2D eigenvalue weighted by Gasteiger charge is 2.32. The third kappa shape index (κ3) is 2.00. The minimum absolute atomic E-state index is 0.114. The molecule has 1 aromatic heterocycles. The third-order valence-electron chi connectivity index (χ3n) is 4.00. The number of fused-ring (bicyclic) bond motifs is 2. The van der Waals surface area contributed by atoms with Crippen molar-refractivity contribution in [2.24, 2.45) is 0 Å². The first kappa shape index (κ1) is 12.8. The zero-order valence-corrected chi connectivity index (χ0v) is 11.7. The molecule has 4 rings (SSSR count). The monoisotopic (exact) mass is 291 g/mol. The Bertz CT molecular complexity index is 861. The Balaban J connectivity index is 1.63. The molecule has 0 radical (unpaired) electrons. The number of furan rings is 1. The van der Waals surface area contributed by atoms with Gasteiger partial charge in [0.2, 0.25) is 5.91 Å². The summed E-state index contributed by atoms with van der Waals surface area (Å²) in [6.07, 6.45) is 0.114. The van der Waals surface area contributed by atoms with E-state index in [9.17, 15) is 9.59 Å². The summed E-state index contributed by atoms with van der Waals surface area (Å²) in [7, 11) is 0. The smallest absolute Gasteiger partial charge is 0.232 e. The van der Waals surface area contributed by atoms with Gasteiger partial charge in [-0.05, 0) is 23.8 Å². The Labute approximate surface area is 126 Å². The first-order valence-corrected chi connectivity index (χ1v) is 7.14. The first-order chi connectivity index (χ1) is 10.7. The molecular formula is C18H13NO3. The van der Waals surface area contributed by atoms with Crippen LogP contribution in [0.4, 0.5) is 5.69 Å². The maximum atomic E-state index is 12.5. The van der Waals surface area contributed by atoms with E-state index in [1.54, 1.807) is 6.07 Å². The van der Waals surface area contributed by atoms with Crippen LogP contribution in [0, 0.1) is 0 Å². The van der Waals surface area contributed by atoms with Crippen molar-refractivity contribution in [2.45, 2.75) is 12.3 Å². The molecule has 2 aromatic carbocycles. The molecule has 0 saturated carbocycles. The van der Waals surface area contributed by atoms with Gasteiger partial charge < -0.3 is 9.73 Å². The second-order valence-electron chi connectivity index (χ2n) is 5.40. The molecule has 0 fully saturated rings. The molecule has 1 N–H and O–H groups in total. The normalized spacial score (nSPS) is 16.5. The Morgan fingerprint density at radius 1 is 1.09 bits per heavy atom. The van der Waals surface area contributed by atoms with Crippen LogP contribution in [0.3, 0.4) is 0 Å². The van der Waals surface area contributed by atoms with Crippen molar-refractivity contribution in [3.63, 3.8) is 0 Å². The van der Waals surface area contributed by atoms with Crippen molar-refractivity contribution < 1.29 is 14.0 Å². The second kappa shape index (κ2) is 4.84. The summed E-state index contributed by atoms with van der Waals surface area (Å²) >= 11 is 0. The molecule has 4 nitrogen and oxygen atoms in total. The quantitative estimate of drug-likeness (QED) is 0.748. The molecule has 3 aromatic rings. The van der Waals surface area contributed by atoms with E-state index in [1.807, 2.05) is 48.5 Å². The lowest BCUT2D eigenvalue weighted by Crippen LogP contribution is -2.15. The van der Waals surface area contributed by atoms with Crippen LogP contribution in [0.25, 0.3) is 11.0 Å². The Hall–Kier alpha value is -2.88. The van der Waals surface area contributed by atoms with Crippen molar-refractivity contribution in [3.8, 4) is 0 Å².